The summed E-state index contributed by atoms with van der Waals surface area (Å²) in [5.41, 5.74) is 7.84. The molecule has 2 aromatic rings. The van der Waals surface area contributed by atoms with Crippen LogP contribution in [0.1, 0.15) is 15.9 Å². The summed E-state index contributed by atoms with van der Waals surface area (Å²) >= 11 is 3.34. The summed E-state index contributed by atoms with van der Waals surface area (Å²) in [5.74, 6) is -0.120. The van der Waals surface area contributed by atoms with E-state index in [4.69, 9.17) is 5.73 Å². The summed E-state index contributed by atoms with van der Waals surface area (Å²) in [5, 5.41) is 2.87. The number of hydrogen-bond donors (Lipinski definition) is 2. The highest BCUT2D eigenvalue weighted by Crippen LogP contribution is 2.22. The molecule has 0 saturated carbocycles. The molecule has 5 nitrogen and oxygen atoms in total. The van der Waals surface area contributed by atoms with E-state index in [1.165, 1.54) is 0 Å². The number of rotatable bonds is 4. The van der Waals surface area contributed by atoms with Gasteiger partial charge in [0.1, 0.15) is 0 Å². The summed E-state index contributed by atoms with van der Waals surface area (Å²) in [6.07, 6.45) is 5.28. The van der Waals surface area contributed by atoms with Gasteiger partial charge in [0.25, 0.3) is 5.91 Å². The summed E-state index contributed by atoms with van der Waals surface area (Å²) in [6, 6.07) is 3.57. The first-order valence-electron chi connectivity index (χ1n) is 5.87. The minimum atomic E-state index is -0.120. The van der Waals surface area contributed by atoms with E-state index in [0.717, 1.165) is 10.0 Å². The largest absolute Gasteiger partial charge is 0.398 e. The average Bonchev–Trinajstić information content (AvgIpc) is 2.86. The van der Waals surface area contributed by atoms with Crippen LogP contribution in [0, 0.1) is 6.92 Å². The molecule has 6 heteroatoms. The van der Waals surface area contributed by atoms with E-state index in [1.807, 2.05) is 17.7 Å². The zero-order valence-corrected chi connectivity index (χ0v) is 12.1. The lowest BCUT2D eigenvalue weighted by Gasteiger charge is -2.10. The fraction of sp³-hybridized carbons (Fsp3) is 0.231. The van der Waals surface area contributed by atoms with E-state index < -0.39 is 0 Å². The maximum absolute atomic E-state index is 12.1. The standard InChI is InChI=1S/C13H15BrN4O/c1-9-11(6-10(14)7-12(9)15)13(19)17-3-5-18-4-2-16-8-18/h2,4,6-8H,3,5,15H2,1H3,(H,17,19). The first-order valence-corrected chi connectivity index (χ1v) is 6.67. The number of aromatic nitrogens is 2. The van der Waals surface area contributed by atoms with E-state index in [2.05, 4.69) is 26.2 Å². The van der Waals surface area contributed by atoms with Crippen molar-refractivity contribution in [3.63, 3.8) is 0 Å². The van der Waals surface area contributed by atoms with Crippen LogP contribution in [-0.4, -0.2) is 22.0 Å². The SMILES string of the molecule is Cc1c(N)cc(Br)cc1C(=O)NCCn1ccnc1. The van der Waals surface area contributed by atoms with Crippen LogP contribution in [0.15, 0.2) is 35.3 Å². The zero-order chi connectivity index (χ0) is 13.8. The van der Waals surface area contributed by atoms with Crippen molar-refractivity contribution in [2.24, 2.45) is 0 Å². The smallest absolute Gasteiger partial charge is 0.251 e. The minimum absolute atomic E-state index is 0.120. The van der Waals surface area contributed by atoms with E-state index in [9.17, 15) is 4.79 Å². The van der Waals surface area contributed by atoms with Crippen molar-refractivity contribution in [2.45, 2.75) is 13.5 Å². The molecule has 2 rings (SSSR count). The molecule has 0 fully saturated rings. The predicted octanol–water partition coefficient (Wildman–Crippen LogP) is 1.97. The number of imidazole rings is 1. The van der Waals surface area contributed by atoms with Gasteiger partial charge in [-0.3, -0.25) is 4.79 Å². The van der Waals surface area contributed by atoms with Crippen LogP contribution in [0.2, 0.25) is 0 Å². The monoisotopic (exact) mass is 322 g/mol. The van der Waals surface area contributed by atoms with Gasteiger partial charge in [0.15, 0.2) is 0 Å². The highest BCUT2D eigenvalue weighted by Gasteiger charge is 2.11. The second kappa shape index (κ2) is 5.88. The Bertz CT molecular complexity index is 581. The predicted molar refractivity (Wildman–Crippen MR) is 77.9 cm³/mol. The normalized spacial score (nSPS) is 10.4. The fourth-order valence-electron chi connectivity index (χ4n) is 1.75. The summed E-state index contributed by atoms with van der Waals surface area (Å²) in [6.45, 7) is 3.07. The molecule has 1 aromatic heterocycles. The number of hydrogen-bond acceptors (Lipinski definition) is 3. The third kappa shape index (κ3) is 3.35. The van der Waals surface area contributed by atoms with E-state index in [1.54, 1.807) is 24.7 Å². The molecule has 1 amide bonds. The number of nitrogens with one attached hydrogen (secondary N) is 1. The van der Waals surface area contributed by atoms with Crippen LogP contribution in [0.5, 0.6) is 0 Å². The van der Waals surface area contributed by atoms with E-state index in [-0.39, 0.29) is 5.91 Å². The number of carbonyl (C=O) groups is 1. The molecule has 100 valence electrons. The van der Waals surface area contributed by atoms with Crippen LogP contribution in [0.4, 0.5) is 5.69 Å². The fourth-order valence-corrected chi connectivity index (χ4v) is 2.22. The van der Waals surface area contributed by atoms with Crippen molar-refractivity contribution in [1.82, 2.24) is 14.9 Å². The van der Waals surface area contributed by atoms with E-state index >= 15 is 0 Å². The van der Waals surface area contributed by atoms with Crippen LogP contribution in [0.3, 0.4) is 0 Å². The van der Waals surface area contributed by atoms with Crippen LogP contribution in [-0.2, 0) is 6.54 Å². The van der Waals surface area contributed by atoms with Crippen LogP contribution < -0.4 is 11.1 Å². The number of nitrogen functional groups attached to an aromatic ring is 1. The maximum Gasteiger partial charge on any atom is 0.251 e. The van der Waals surface area contributed by atoms with E-state index in [0.29, 0.717) is 24.3 Å². The van der Waals surface area contributed by atoms with Gasteiger partial charge >= 0.3 is 0 Å². The highest BCUT2D eigenvalue weighted by molar-refractivity contribution is 9.10. The molecule has 3 N–H and O–H groups in total. The zero-order valence-electron chi connectivity index (χ0n) is 10.6. The third-order valence-corrected chi connectivity index (χ3v) is 3.33. The molecule has 0 unspecified atom stereocenters. The molecule has 0 bridgehead atoms. The topological polar surface area (TPSA) is 72.9 Å². The van der Waals surface area contributed by atoms with Gasteiger partial charge in [0.05, 0.1) is 6.33 Å². The molecule has 0 saturated heterocycles. The summed E-state index contributed by atoms with van der Waals surface area (Å²) < 4.78 is 2.71. The molecule has 1 aromatic carbocycles. The average molecular weight is 323 g/mol. The Hall–Kier alpha value is -1.82. The lowest BCUT2D eigenvalue weighted by atomic mass is 10.1. The highest BCUT2D eigenvalue weighted by atomic mass is 79.9. The Balaban J connectivity index is 2.00. The Morgan fingerprint density at radius 3 is 3.00 bits per heavy atom. The van der Waals surface area contributed by atoms with Gasteiger partial charge < -0.3 is 15.6 Å². The van der Waals surface area contributed by atoms with Crippen LogP contribution >= 0.6 is 15.9 Å². The lowest BCUT2D eigenvalue weighted by Crippen LogP contribution is -2.27. The van der Waals surface area contributed by atoms with Crippen molar-refractivity contribution in [3.05, 3.63) is 46.5 Å². The number of anilines is 1. The minimum Gasteiger partial charge on any atom is -0.398 e. The Labute approximate surface area is 120 Å². The summed E-state index contributed by atoms with van der Waals surface area (Å²) in [4.78, 5) is 16.0. The number of nitrogens with zero attached hydrogens (tertiary/aromatic N) is 2. The Morgan fingerprint density at radius 1 is 1.53 bits per heavy atom. The quantitative estimate of drug-likeness (QED) is 0.845. The van der Waals surface area contributed by atoms with Crippen molar-refractivity contribution < 1.29 is 4.79 Å². The van der Waals surface area contributed by atoms with Gasteiger partial charge in [-0.15, -0.1) is 0 Å². The molecular formula is C13H15BrN4O. The lowest BCUT2D eigenvalue weighted by molar-refractivity contribution is 0.0951. The second-order valence-electron chi connectivity index (χ2n) is 4.22. The second-order valence-corrected chi connectivity index (χ2v) is 5.14. The maximum atomic E-state index is 12.1. The molecule has 1 heterocycles. The molecule has 19 heavy (non-hydrogen) atoms. The number of benzene rings is 1. The Kier molecular flexibility index (Phi) is 4.21. The van der Waals surface area contributed by atoms with Crippen molar-refractivity contribution in [1.29, 1.82) is 0 Å². The number of halogens is 1. The first kappa shape index (κ1) is 13.6. The molecule has 0 spiro atoms. The van der Waals surface area contributed by atoms with Gasteiger partial charge in [-0.2, -0.15) is 0 Å². The molecule has 0 aliphatic carbocycles. The molecule has 0 aliphatic rings. The number of nitrogens with two attached hydrogens (primary N) is 1. The van der Waals surface area contributed by atoms with Crippen molar-refractivity contribution in [3.8, 4) is 0 Å². The summed E-state index contributed by atoms with van der Waals surface area (Å²) in [7, 11) is 0. The number of carbonyl (C=O) groups excluding carboxylic acids is 1. The molecular weight excluding hydrogens is 308 g/mol. The molecule has 0 aliphatic heterocycles. The third-order valence-electron chi connectivity index (χ3n) is 2.87. The number of amides is 1. The van der Waals surface area contributed by atoms with Gasteiger partial charge in [0.2, 0.25) is 0 Å². The molecule has 0 atom stereocenters. The molecule has 0 radical (unpaired) electrons. The van der Waals surface area contributed by atoms with Gasteiger partial charge in [0, 0.05) is 41.2 Å². The van der Waals surface area contributed by atoms with Gasteiger partial charge in [-0.25, -0.2) is 4.98 Å². The van der Waals surface area contributed by atoms with Crippen molar-refractivity contribution in [2.75, 3.05) is 12.3 Å². The first-order chi connectivity index (χ1) is 9.08. The van der Waals surface area contributed by atoms with Crippen LogP contribution in [0.25, 0.3) is 0 Å². The van der Waals surface area contributed by atoms with Gasteiger partial charge in [-0.1, -0.05) is 15.9 Å². The Morgan fingerprint density at radius 2 is 2.32 bits per heavy atom. The van der Waals surface area contributed by atoms with Crippen molar-refractivity contribution >= 4 is 27.5 Å². The van der Waals surface area contributed by atoms with Gasteiger partial charge in [-0.05, 0) is 24.6 Å².